The lowest BCUT2D eigenvalue weighted by Gasteiger charge is -2.13. The number of carbonyl (C=O) groups excluding carboxylic acids is 1. The van der Waals surface area contributed by atoms with Crippen LogP contribution >= 0.6 is 15.9 Å². The molecule has 2 unspecified atom stereocenters. The van der Waals surface area contributed by atoms with E-state index in [9.17, 15) is 9.90 Å². The molecule has 0 aromatic heterocycles. The van der Waals surface area contributed by atoms with Crippen LogP contribution in [0.4, 0.5) is 0 Å². The first kappa shape index (κ1) is 14.3. The Morgan fingerprint density at radius 3 is 3.00 bits per heavy atom. The maximum atomic E-state index is 11.7. The van der Waals surface area contributed by atoms with Crippen molar-refractivity contribution in [2.45, 2.75) is 25.4 Å². The van der Waals surface area contributed by atoms with E-state index in [1.54, 1.807) is 6.08 Å². The van der Waals surface area contributed by atoms with Gasteiger partial charge >= 0.3 is 0 Å². The summed E-state index contributed by atoms with van der Waals surface area (Å²) in [7, 11) is 0. The minimum absolute atomic E-state index is 0.112. The SMILES string of the molecule is O=C(C=Cc1cccc(Br)c1)NCC1CCCC1O. The Balaban J connectivity index is 1.81. The average molecular weight is 324 g/mol. The molecule has 2 atom stereocenters. The minimum Gasteiger partial charge on any atom is -0.393 e. The van der Waals surface area contributed by atoms with Crippen LogP contribution in [0, 0.1) is 5.92 Å². The first-order valence-corrected chi connectivity index (χ1v) is 7.34. The van der Waals surface area contributed by atoms with Gasteiger partial charge < -0.3 is 10.4 Å². The molecule has 1 amide bonds. The van der Waals surface area contributed by atoms with Crippen molar-refractivity contribution >= 4 is 27.9 Å². The van der Waals surface area contributed by atoms with Gasteiger partial charge in [0.1, 0.15) is 0 Å². The molecule has 4 heteroatoms. The van der Waals surface area contributed by atoms with Crippen LogP contribution in [0.1, 0.15) is 24.8 Å². The Labute approximate surface area is 121 Å². The van der Waals surface area contributed by atoms with Crippen molar-refractivity contribution in [2.24, 2.45) is 5.92 Å². The number of carbonyl (C=O) groups is 1. The summed E-state index contributed by atoms with van der Waals surface area (Å²) in [5.74, 6) is 0.0993. The Hall–Kier alpha value is -1.13. The van der Waals surface area contributed by atoms with Crippen molar-refractivity contribution in [2.75, 3.05) is 6.54 Å². The van der Waals surface area contributed by atoms with Crippen molar-refractivity contribution in [1.82, 2.24) is 5.32 Å². The predicted molar refractivity (Wildman–Crippen MR) is 79.5 cm³/mol. The van der Waals surface area contributed by atoms with Gasteiger partial charge in [-0.05, 0) is 36.6 Å². The van der Waals surface area contributed by atoms with Crippen LogP contribution in [0.3, 0.4) is 0 Å². The highest BCUT2D eigenvalue weighted by Gasteiger charge is 2.24. The lowest BCUT2D eigenvalue weighted by atomic mass is 10.1. The first-order valence-electron chi connectivity index (χ1n) is 6.54. The van der Waals surface area contributed by atoms with Crippen LogP contribution in [0.2, 0.25) is 0 Å². The fourth-order valence-electron chi connectivity index (χ4n) is 2.33. The topological polar surface area (TPSA) is 49.3 Å². The zero-order chi connectivity index (χ0) is 13.7. The summed E-state index contributed by atoms with van der Waals surface area (Å²) in [5, 5.41) is 12.5. The Bertz CT molecular complexity index is 473. The summed E-state index contributed by atoms with van der Waals surface area (Å²) in [5.41, 5.74) is 0.977. The lowest BCUT2D eigenvalue weighted by molar-refractivity contribution is -0.116. The molecule has 0 spiro atoms. The zero-order valence-corrected chi connectivity index (χ0v) is 12.3. The van der Waals surface area contributed by atoms with E-state index in [4.69, 9.17) is 0 Å². The molecule has 1 aromatic rings. The smallest absolute Gasteiger partial charge is 0.244 e. The fourth-order valence-corrected chi connectivity index (χ4v) is 2.75. The highest BCUT2D eigenvalue weighted by molar-refractivity contribution is 9.10. The predicted octanol–water partition coefficient (Wildman–Crippen LogP) is 2.74. The quantitative estimate of drug-likeness (QED) is 0.837. The van der Waals surface area contributed by atoms with Crippen molar-refractivity contribution in [3.05, 3.63) is 40.4 Å². The van der Waals surface area contributed by atoms with E-state index in [1.807, 2.05) is 24.3 Å². The molecule has 0 radical (unpaired) electrons. The van der Waals surface area contributed by atoms with Gasteiger partial charge in [-0.2, -0.15) is 0 Å². The van der Waals surface area contributed by atoms with Gasteiger partial charge in [0.2, 0.25) is 5.91 Å². The summed E-state index contributed by atoms with van der Waals surface area (Å²) in [6, 6.07) is 7.76. The normalized spacial score (nSPS) is 22.8. The number of amides is 1. The van der Waals surface area contributed by atoms with E-state index in [-0.39, 0.29) is 17.9 Å². The Morgan fingerprint density at radius 1 is 1.47 bits per heavy atom. The van der Waals surface area contributed by atoms with E-state index in [0.29, 0.717) is 6.54 Å². The Kier molecular flexibility index (Phi) is 5.16. The highest BCUT2D eigenvalue weighted by atomic mass is 79.9. The molecule has 1 aliphatic carbocycles. The summed E-state index contributed by atoms with van der Waals surface area (Å²) in [4.78, 5) is 11.7. The van der Waals surface area contributed by atoms with E-state index in [0.717, 1.165) is 29.3 Å². The van der Waals surface area contributed by atoms with E-state index < -0.39 is 0 Å². The molecule has 0 aliphatic heterocycles. The molecule has 1 aliphatic rings. The molecular weight excluding hydrogens is 306 g/mol. The van der Waals surface area contributed by atoms with Gasteiger partial charge in [0.25, 0.3) is 0 Å². The monoisotopic (exact) mass is 323 g/mol. The number of benzene rings is 1. The number of hydrogen-bond acceptors (Lipinski definition) is 2. The third-order valence-corrected chi connectivity index (χ3v) is 3.93. The zero-order valence-electron chi connectivity index (χ0n) is 10.7. The second-order valence-electron chi connectivity index (χ2n) is 4.89. The van der Waals surface area contributed by atoms with Crippen molar-refractivity contribution < 1.29 is 9.90 Å². The second-order valence-corrected chi connectivity index (χ2v) is 5.81. The van der Waals surface area contributed by atoms with Gasteiger partial charge in [-0.25, -0.2) is 0 Å². The molecule has 0 heterocycles. The van der Waals surface area contributed by atoms with Crippen LogP contribution < -0.4 is 5.32 Å². The van der Waals surface area contributed by atoms with E-state index in [2.05, 4.69) is 21.2 Å². The Morgan fingerprint density at radius 2 is 2.32 bits per heavy atom. The number of hydrogen-bond donors (Lipinski definition) is 2. The maximum absolute atomic E-state index is 11.7. The van der Waals surface area contributed by atoms with Gasteiger partial charge in [0.15, 0.2) is 0 Å². The molecular formula is C15H18BrNO2. The first-order chi connectivity index (χ1) is 9.15. The summed E-state index contributed by atoms with van der Waals surface area (Å²) in [6.45, 7) is 0.558. The molecule has 2 rings (SSSR count). The number of nitrogens with one attached hydrogen (secondary N) is 1. The molecule has 1 aromatic carbocycles. The van der Waals surface area contributed by atoms with Crippen LogP contribution in [0.5, 0.6) is 0 Å². The maximum Gasteiger partial charge on any atom is 0.244 e. The van der Waals surface area contributed by atoms with Gasteiger partial charge in [-0.15, -0.1) is 0 Å². The lowest BCUT2D eigenvalue weighted by Crippen LogP contribution is -2.31. The van der Waals surface area contributed by atoms with Crippen LogP contribution in [0.15, 0.2) is 34.8 Å². The highest BCUT2D eigenvalue weighted by Crippen LogP contribution is 2.24. The summed E-state index contributed by atoms with van der Waals surface area (Å²) in [6.07, 6.45) is 5.96. The fraction of sp³-hybridized carbons (Fsp3) is 0.400. The van der Waals surface area contributed by atoms with Crippen molar-refractivity contribution in [3.63, 3.8) is 0 Å². The van der Waals surface area contributed by atoms with Crippen LogP contribution in [0.25, 0.3) is 6.08 Å². The van der Waals surface area contributed by atoms with Crippen LogP contribution in [-0.4, -0.2) is 23.7 Å². The second kappa shape index (κ2) is 6.87. The van der Waals surface area contributed by atoms with Crippen LogP contribution in [-0.2, 0) is 4.79 Å². The standard InChI is InChI=1S/C15H18BrNO2/c16-13-5-1-3-11(9-13)7-8-15(19)17-10-12-4-2-6-14(12)18/h1,3,5,7-9,12,14,18H,2,4,6,10H2,(H,17,19). The molecule has 2 N–H and O–H groups in total. The molecule has 1 fully saturated rings. The summed E-state index contributed by atoms with van der Waals surface area (Å²) < 4.78 is 0.990. The third kappa shape index (κ3) is 4.48. The summed E-state index contributed by atoms with van der Waals surface area (Å²) >= 11 is 3.39. The van der Waals surface area contributed by atoms with Gasteiger partial charge in [-0.3, -0.25) is 4.79 Å². The van der Waals surface area contributed by atoms with Gasteiger partial charge in [0, 0.05) is 23.0 Å². The number of aliphatic hydroxyl groups is 1. The number of halogens is 1. The molecule has 0 bridgehead atoms. The van der Waals surface area contributed by atoms with E-state index in [1.165, 1.54) is 6.08 Å². The molecule has 19 heavy (non-hydrogen) atoms. The number of rotatable bonds is 4. The van der Waals surface area contributed by atoms with Gasteiger partial charge in [-0.1, -0.05) is 34.5 Å². The largest absolute Gasteiger partial charge is 0.393 e. The minimum atomic E-state index is -0.255. The van der Waals surface area contributed by atoms with Crippen molar-refractivity contribution in [1.29, 1.82) is 0 Å². The molecule has 0 saturated heterocycles. The molecule has 1 saturated carbocycles. The average Bonchev–Trinajstić information content (AvgIpc) is 2.80. The van der Waals surface area contributed by atoms with Crippen molar-refractivity contribution in [3.8, 4) is 0 Å². The van der Waals surface area contributed by atoms with E-state index >= 15 is 0 Å². The van der Waals surface area contributed by atoms with Gasteiger partial charge in [0.05, 0.1) is 6.10 Å². The third-order valence-electron chi connectivity index (χ3n) is 3.43. The number of aliphatic hydroxyl groups excluding tert-OH is 1. The molecule has 3 nitrogen and oxygen atoms in total. The molecule has 102 valence electrons.